The lowest BCUT2D eigenvalue weighted by Gasteiger charge is -2.05. The fourth-order valence-electron chi connectivity index (χ4n) is 1.84. The van der Waals surface area contributed by atoms with Crippen molar-refractivity contribution in [2.24, 2.45) is 0 Å². The van der Waals surface area contributed by atoms with Gasteiger partial charge in [-0.25, -0.2) is 4.39 Å². The number of halogens is 1. The number of nitrogens with one attached hydrogen (secondary N) is 2. The maximum atomic E-state index is 13.1. The first kappa shape index (κ1) is 16.2. The third kappa shape index (κ3) is 4.41. The molecule has 0 aromatic heterocycles. The molecule has 6 heteroatoms. The highest BCUT2D eigenvalue weighted by Gasteiger charge is 2.05. The second kappa shape index (κ2) is 7.22. The van der Waals surface area contributed by atoms with Crippen LogP contribution >= 0.6 is 0 Å². The molecule has 0 spiro atoms. The highest BCUT2D eigenvalue weighted by Crippen LogP contribution is 2.23. The molecule has 5 nitrogen and oxygen atoms in total. The van der Waals surface area contributed by atoms with Crippen molar-refractivity contribution in [2.75, 3.05) is 12.4 Å². The molecule has 23 heavy (non-hydrogen) atoms. The normalized spacial score (nSPS) is 10.5. The van der Waals surface area contributed by atoms with E-state index in [-0.39, 0.29) is 17.3 Å². The zero-order chi connectivity index (χ0) is 16.8. The number of phenolic OH excluding ortho intramolecular Hbond substituents is 1. The van der Waals surface area contributed by atoms with Gasteiger partial charge in [0.2, 0.25) is 5.91 Å². The van der Waals surface area contributed by atoms with Crippen molar-refractivity contribution in [1.82, 2.24) is 5.32 Å². The molecular weight excluding hydrogens is 299 g/mol. The molecule has 2 rings (SSSR count). The number of anilines is 1. The molecule has 0 aliphatic rings. The fraction of sp³-hybridized carbons (Fsp3) is 0.0588. The van der Waals surface area contributed by atoms with E-state index in [1.807, 2.05) is 0 Å². The first-order valence-corrected chi connectivity index (χ1v) is 6.79. The molecule has 0 saturated carbocycles. The monoisotopic (exact) mass is 314 g/mol. The van der Waals surface area contributed by atoms with Crippen molar-refractivity contribution < 1.29 is 19.1 Å². The van der Waals surface area contributed by atoms with Crippen molar-refractivity contribution in [3.63, 3.8) is 0 Å². The van der Waals surface area contributed by atoms with Gasteiger partial charge in [-0.15, -0.1) is 0 Å². The van der Waals surface area contributed by atoms with Gasteiger partial charge in [-0.1, -0.05) is 12.1 Å². The molecule has 0 bridgehead atoms. The highest BCUT2D eigenvalue weighted by molar-refractivity contribution is 6.02. The Bertz CT molecular complexity index is 755. The fourth-order valence-corrected chi connectivity index (χ4v) is 1.84. The van der Waals surface area contributed by atoms with Gasteiger partial charge in [-0.05, 0) is 35.9 Å². The number of carbonyl (C=O) groups excluding carboxylic acids is 2. The lowest BCUT2D eigenvalue weighted by Crippen LogP contribution is -2.17. The van der Waals surface area contributed by atoms with Gasteiger partial charge < -0.3 is 15.7 Å². The molecular formula is C17H15FN2O3. The number of hydrogen-bond donors (Lipinski definition) is 3. The molecule has 0 aliphatic carbocycles. The number of aromatic hydroxyl groups is 1. The van der Waals surface area contributed by atoms with Crippen molar-refractivity contribution >= 4 is 23.6 Å². The number of phenols is 1. The first-order chi connectivity index (χ1) is 11.0. The molecule has 0 unspecified atom stereocenters. The summed E-state index contributed by atoms with van der Waals surface area (Å²) in [7, 11) is 1.54. The second-order valence-electron chi connectivity index (χ2n) is 4.69. The number of hydrogen-bond acceptors (Lipinski definition) is 3. The van der Waals surface area contributed by atoms with E-state index in [4.69, 9.17) is 0 Å². The Morgan fingerprint density at radius 1 is 1.13 bits per heavy atom. The lowest BCUT2D eigenvalue weighted by molar-refractivity contribution is -0.111. The second-order valence-corrected chi connectivity index (χ2v) is 4.69. The molecule has 118 valence electrons. The van der Waals surface area contributed by atoms with Crippen LogP contribution in [0.25, 0.3) is 6.08 Å². The summed E-state index contributed by atoms with van der Waals surface area (Å²) in [5.74, 6) is -1.49. The summed E-state index contributed by atoms with van der Waals surface area (Å²) < 4.78 is 13.1. The number of carbonyl (C=O) groups is 2. The SMILES string of the molecule is CNC(=O)c1ccc(/C=C/C(=O)Nc2cc(F)ccc2O)cc1. The van der Waals surface area contributed by atoms with E-state index in [0.29, 0.717) is 5.56 Å². The standard InChI is InChI=1S/C17H15FN2O3/c1-19-17(23)12-5-2-11(3-6-12)4-9-16(22)20-14-10-13(18)7-8-15(14)21/h2-10,21H,1H3,(H,19,23)(H,20,22)/b9-4+. The van der Waals surface area contributed by atoms with Crippen molar-refractivity contribution in [3.05, 3.63) is 65.5 Å². The minimum atomic E-state index is -0.563. The van der Waals surface area contributed by atoms with Gasteiger partial charge in [0.25, 0.3) is 5.91 Å². The average Bonchev–Trinajstić information content (AvgIpc) is 2.56. The summed E-state index contributed by atoms with van der Waals surface area (Å²) in [4.78, 5) is 23.2. The van der Waals surface area contributed by atoms with E-state index in [0.717, 1.165) is 23.8 Å². The Labute approximate surface area is 132 Å². The predicted octanol–water partition coefficient (Wildman–Crippen LogP) is 2.54. The highest BCUT2D eigenvalue weighted by atomic mass is 19.1. The van der Waals surface area contributed by atoms with Crippen LogP contribution in [0.3, 0.4) is 0 Å². The molecule has 0 heterocycles. The first-order valence-electron chi connectivity index (χ1n) is 6.79. The van der Waals surface area contributed by atoms with Gasteiger partial charge >= 0.3 is 0 Å². The molecule has 2 aromatic carbocycles. The van der Waals surface area contributed by atoms with Crippen LogP contribution in [0.15, 0.2) is 48.5 Å². The topological polar surface area (TPSA) is 78.4 Å². The number of benzene rings is 2. The summed E-state index contributed by atoms with van der Waals surface area (Å²) in [6.07, 6.45) is 2.79. The zero-order valence-corrected chi connectivity index (χ0v) is 12.3. The van der Waals surface area contributed by atoms with Crippen LogP contribution < -0.4 is 10.6 Å². The maximum Gasteiger partial charge on any atom is 0.251 e. The molecule has 0 aliphatic heterocycles. The zero-order valence-electron chi connectivity index (χ0n) is 12.3. The number of amides is 2. The third-order valence-electron chi connectivity index (χ3n) is 3.04. The van der Waals surface area contributed by atoms with Gasteiger partial charge in [-0.2, -0.15) is 0 Å². The lowest BCUT2D eigenvalue weighted by atomic mass is 10.1. The molecule has 3 N–H and O–H groups in total. The van der Waals surface area contributed by atoms with E-state index in [1.165, 1.54) is 6.08 Å². The predicted molar refractivity (Wildman–Crippen MR) is 85.6 cm³/mol. The Kier molecular flexibility index (Phi) is 5.09. The summed E-state index contributed by atoms with van der Waals surface area (Å²) in [6, 6.07) is 9.92. The Balaban J connectivity index is 2.03. The Morgan fingerprint density at radius 2 is 1.83 bits per heavy atom. The van der Waals surface area contributed by atoms with E-state index in [1.54, 1.807) is 37.4 Å². The summed E-state index contributed by atoms with van der Waals surface area (Å²) in [5, 5.41) is 14.4. The third-order valence-corrected chi connectivity index (χ3v) is 3.04. The van der Waals surface area contributed by atoms with Crippen LogP contribution in [0.5, 0.6) is 5.75 Å². The Hall–Kier alpha value is -3.15. The minimum Gasteiger partial charge on any atom is -0.506 e. The molecule has 0 saturated heterocycles. The minimum absolute atomic E-state index is 0.00499. The van der Waals surface area contributed by atoms with Crippen LogP contribution in [0.1, 0.15) is 15.9 Å². The van der Waals surface area contributed by atoms with Gasteiger partial charge in [0, 0.05) is 24.8 Å². The Morgan fingerprint density at radius 3 is 2.48 bits per heavy atom. The van der Waals surface area contributed by atoms with E-state index in [2.05, 4.69) is 10.6 Å². The molecule has 2 amide bonds. The average molecular weight is 314 g/mol. The largest absolute Gasteiger partial charge is 0.506 e. The van der Waals surface area contributed by atoms with Crippen LogP contribution in [-0.2, 0) is 4.79 Å². The van der Waals surface area contributed by atoms with Crippen molar-refractivity contribution in [2.45, 2.75) is 0 Å². The van der Waals surface area contributed by atoms with Gasteiger partial charge in [0.1, 0.15) is 11.6 Å². The van der Waals surface area contributed by atoms with Crippen LogP contribution in [0, 0.1) is 5.82 Å². The van der Waals surface area contributed by atoms with Crippen LogP contribution in [-0.4, -0.2) is 24.0 Å². The van der Waals surface area contributed by atoms with Gasteiger partial charge in [-0.3, -0.25) is 9.59 Å². The van der Waals surface area contributed by atoms with Crippen molar-refractivity contribution in [3.8, 4) is 5.75 Å². The summed E-state index contributed by atoms with van der Waals surface area (Å²) in [6.45, 7) is 0. The smallest absolute Gasteiger partial charge is 0.251 e. The quantitative estimate of drug-likeness (QED) is 0.599. The van der Waals surface area contributed by atoms with Crippen molar-refractivity contribution in [1.29, 1.82) is 0 Å². The van der Waals surface area contributed by atoms with E-state index in [9.17, 15) is 19.1 Å². The molecule has 0 atom stereocenters. The van der Waals surface area contributed by atoms with Gasteiger partial charge in [0.05, 0.1) is 5.69 Å². The molecule has 2 aromatic rings. The van der Waals surface area contributed by atoms with Gasteiger partial charge in [0.15, 0.2) is 0 Å². The summed E-state index contributed by atoms with van der Waals surface area (Å²) in [5.41, 5.74) is 1.23. The summed E-state index contributed by atoms with van der Waals surface area (Å²) >= 11 is 0. The molecule has 0 fully saturated rings. The van der Waals surface area contributed by atoms with E-state index >= 15 is 0 Å². The van der Waals surface area contributed by atoms with Crippen LogP contribution in [0.2, 0.25) is 0 Å². The molecule has 0 radical (unpaired) electrons. The van der Waals surface area contributed by atoms with Crippen LogP contribution in [0.4, 0.5) is 10.1 Å². The maximum absolute atomic E-state index is 13.1. The van der Waals surface area contributed by atoms with E-state index < -0.39 is 11.7 Å². The number of rotatable bonds is 4.